The zero-order valence-corrected chi connectivity index (χ0v) is 17.0. The van der Waals surface area contributed by atoms with Crippen molar-refractivity contribution in [3.05, 3.63) is 43.0 Å². The van der Waals surface area contributed by atoms with E-state index in [1.54, 1.807) is 0 Å². The molecule has 150 valence electrons. The molecule has 27 heavy (non-hydrogen) atoms. The largest absolute Gasteiger partial charge is 0.489 e. The predicted molar refractivity (Wildman–Crippen MR) is 114 cm³/mol. The van der Waals surface area contributed by atoms with E-state index in [1.165, 1.54) is 64.2 Å². The Morgan fingerprint density at radius 3 is 2.15 bits per heavy atom. The third-order valence-electron chi connectivity index (χ3n) is 5.04. The van der Waals surface area contributed by atoms with Gasteiger partial charge < -0.3 is 15.0 Å². The number of nitrogens with zero attached hydrogens (tertiary/aromatic N) is 2. The van der Waals surface area contributed by atoms with Crippen molar-refractivity contribution in [2.75, 3.05) is 5.73 Å². The van der Waals surface area contributed by atoms with Gasteiger partial charge in [0.25, 0.3) is 0 Å². The summed E-state index contributed by atoms with van der Waals surface area (Å²) in [7, 11) is 0. The molecule has 0 amide bonds. The average Bonchev–Trinajstić information content (AvgIpc) is 3.18. The highest BCUT2D eigenvalue weighted by molar-refractivity contribution is 5.41. The molecule has 0 saturated heterocycles. The first-order chi connectivity index (χ1) is 13.3. The van der Waals surface area contributed by atoms with Gasteiger partial charge in [0, 0.05) is 18.1 Å². The number of imidazole rings is 1. The first-order valence-corrected chi connectivity index (χ1v) is 10.8. The smallest absolute Gasteiger partial charge is 0.119 e. The molecule has 0 bridgehead atoms. The summed E-state index contributed by atoms with van der Waals surface area (Å²) in [6, 6.07) is 7.69. The van der Waals surface area contributed by atoms with Crippen LogP contribution in [-0.4, -0.2) is 15.7 Å². The molecular weight excluding hydrogens is 334 g/mol. The fourth-order valence-electron chi connectivity index (χ4n) is 3.42. The normalized spacial score (nSPS) is 12.2. The van der Waals surface area contributed by atoms with Crippen molar-refractivity contribution in [1.82, 2.24) is 9.55 Å². The van der Waals surface area contributed by atoms with E-state index in [1.807, 2.05) is 43.0 Å². The Hall–Kier alpha value is -1.97. The summed E-state index contributed by atoms with van der Waals surface area (Å²) in [6.45, 7) is 3.11. The summed E-state index contributed by atoms with van der Waals surface area (Å²) in [5, 5.41) is 0. The molecule has 0 saturated carbocycles. The molecule has 1 heterocycles. The number of hydrogen-bond donors (Lipinski definition) is 1. The summed E-state index contributed by atoms with van der Waals surface area (Å²) in [4.78, 5) is 4.14. The maximum Gasteiger partial charge on any atom is 0.119 e. The molecule has 1 atom stereocenters. The van der Waals surface area contributed by atoms with Crippen molar-refractivity contribution in [2.24, 2.45) is 0 Å². The van der Waals surface area contributed by atoms with Gasteiger partial charge in [-0.3, -0.25) is 0 Å². The Balaban J connectivity index is 1.65. The lowest BCUT2D eigenvalue weighted by atomic mass is 10.0. The number of nitrogen functional groups attached to an aromatic ring is 1. The van der Waals surface area contributed by atoms with Gasteiger partial charge in [0.1, 0.15) is 11.9 Å². The van der Waals surface area contributed by atoms with Crippen LogP contribution in [0, 0.1) is 0 Å². The zero-order valence-electron chi connectivity index (χ0n) is 17.0. The van der Waals surface area contributed by atoms with Gasteiger partial charge in [0.2, 0.25) is 0 Å². The molecule has 4 nitrogen and oxygen atoms in total. The molecule has 1 unspecified atom stereocenters. The lowest BCUT2D eigenvalue weighted by Crippen LogP contribution is -2.22. The van der Waals surface area contributed by atoms with Crippen molar-refractivity contribution in [3.63, 3.8) is 0 Å². The van der Waals surface area contributed by atoms with E-state index < -0.39 is 0 Å². The van der Waals surface area contributed by atoms with Gasteiger partial charge in [0.15, 0.2) is 0 Å². The van der Waals surface area contributed by atoms with Gasteiger partial charge in [-0.2, -0.15) is 0 Å². The number of unbranched alkanes of at least 4 members (excludes halogenated alkanes) is 9. The first-order valence-electron chi connectivity index (χ1n) is 10.8. The molecule has 2 aromatic rings. The van der Waals surface area contributed by atoms with Crippen LogP contribution in [0.2, 0.25) is 0 Å². The number of nitrogens with two attached hydrogens (primary N) is 1. The van der Waals surface area contributed by atoms with Gasteiger partial charge in [0.05, 0.1) is 12.9 Å². The average molecular weight is 372 g/mol. The highest BCUT2D eigenvalue weighted by Crippen LogP contribution is 2.19. The van der Waals surface area contributed by atoms with Gasteiger partial charge in [-0.15, -0.1) is 0 Å². The first kappa shape index (κ1) is 21.3. The van der Waals surface area contributed by atoms with Crippen molar-refractivity contribution < 1.29 is 4.74 Å². The Bertz CT molecular complexity index is 580. The summed E-state index contributed by atoms with van der Waals surface area (Å²) >= 11 is 0. The Labute approximate surface area is 165 Å². The maximum atomic E-state index is 6.22. The molecule has 2 N–H and O–H groups in total. The van der Waals surface area contributed by atoms with Crippen molar-refractivity contribution in [1.29, 1.82) is 0 Å². The quantitative estimate of drug-likeness (QED) is 0.298. The van der Waals surface area contributed by atoms with Crippen LogP contribution in [0.25, 0.3) is 0 Å². The SMILES string of the molecule is CCCCCCCCCCCCC(Cn1ccnc1)Oc1ccc(N)cc1. The van der Waals surface area contributed by atoms with Crippen molar-refractivity contribution >= 4 is 5.69 Å². The van der Waals surface area contributed by atoms with Crippen LogP contribution in [0.4, 0.5) is 5.69 Å². The molecule has 2 rings (SSSR count). The number of rotatable bonds is 15. The van der Waals surface area contributed by atoms with Gasteiger partial charge in [-0.1, -0.05) is 64.7 Å². The van der Waals surface area contributed by atoms with Crippen molar-refractivity contribution in [2.45, 2.75) is 90.2 Å². The van der Waals surface area contributed by atoms with Gasteiger partial charge >= 0.3 is 0 Å². The van der Waals surface area contributed by atoms with Crippen LogP contribution in [0.3, 0.4) is 0 Å². The molecule has 1 aromatic carbocycles. The fourth-order valence-corrected chi connectivity index (χ4v) is 3.42. The van der Waals surface area contributed by atoms with Crippen LogP contribution in [0.5, 0.6) is 5.75 Å². The number of hydrogen-bond acceptors (Lipinski definition) is 3. The summed E-state index contributed by atoms with van der Waals surface area (Å²) in [5.41, 5.74) is 6.54. The number of anilines is 1. The Kier molecular flexibility index (Phi) is 10.5. The maximum absolute atomic E-state index is 6.22. The number of benzene rings is 1. The molecule has 1 aromatic heterocycles. The van der Waals surface area contributed by atoms with Crippen LogP contribution in [0.15, 0.2) is 43.0 Å². The molecule has 0 radical (unpaired) electrons. The molecule has 0 fully saturated rings. The van der Waals surface area contributed by atoms with Gasteiger partial charge in [-0.05, 0) is 37.1 Å². The summed E-state index contributed by atoms with van der Waals surface area (Å²) < 4.78 is 8.32. The van der Waals surface area contributed by atoms with Crippen LogP contribution in [0.1, 0.15) is 77.6 Å². The lowest BCUT2D eigenvalue weighted by molar-refractivity contribution is 0.166. The highest BCUT2D eigenvalue weighted by Gasteiger charge is 2.11. The number of ether oxygens (including phenoxy) is 1. The van der Waals surface area contributed by atoms with E-state index >= 15 is 0 Å². The molecule has 0 spiro atoms. The molecular formula is C23H37N3O. The van der Waals surface area contributed by atoms with Crippen LogP contribution < -0.4 is 10.5 Å². The summed E-state index contributed by atoms with van der Waals surface area (Å²) in [5.74, 6) is 0.890. The molecule has 0 aliphatic heterocycles. The Morgan fingerprint density at radius 2 is 1.56 bits per heavy atom. The van der Waals surface area contributed by atoms with E-state index in [2.05, 4.69) is 16.5 Å². The minimum absolute atomic E-state index is 0.164. The third kappa shape index (κ3) is 9.50. The van der Waals surface area contributed by atoms with Gasteiger partial charge in [-0.25, -0.2) is 4.98 Å². The lowest BCUT2D eigenvalue weighted by Gasteiger charge is -2.20. The third-order valence-corrected chi connectivity index (χ3v) is 5.04. The Morgan fingerprint density at radius 1 is 0.926 bits per heavy atom. The second-order valence-electron chi connectivity index (χ2n) is 7.54. The van der Waals surface area contributed by atoms with E-state index in [0.29, 0.717) is 0 Å². The second kappa shape index (κ2) is 13.2. The highest BCUT2D eigenvalue weighted by atomic mass is 16.5. The van der Waals surface area contributed by atoms with E-state index in [4.69, 9.17) is 10.5 Å². The minimum Gasteiger partial charge on any atom is -0.489 e. The van der Waals surface area contributed by atoms with Crippen molar-refractivity contribution in [3.8, 4) is 5.75 Å². The molecule has 4 heteroatoms. The fraction of sp³-hybridized carbons (Fsp3) is 0.609. The topological polar surface area (TPSA) is 53.1 Å². The monoisotopic (exact) mass is 371 g/mol. The van der Waals surface area contributed by atoms with Crippen LogP contribution >= 0.6 is 0 Å². The van der Waals surface area contributed by atoms with Crippen LogP contribution in [-0.2, 0) is 6.54 Å². The molecule has 0 aliphatic carbocycles. The zero-order chi connectivity index (χ0) is 19.2. The number of aromatic nitrogens is 2. The predicted octanol–water partition coefficient (Wildman–Crippen LogP) is 6.22. The van der Waals surface area contributed by atoms with E-state index in [0.717, 1.165) is 24.4 Å². The minimum atomic E-state index is 0.164. The van der Waals surface area contributed by atoms with E-state index in [-0.39, 0.29) is 6.10 Å². The second-order valence-corrected chi connectivity index (χ2v) is 7.54. The van der Waals surface area contributed by atoms with E-state index in [9.17, 15) is 0 Å². The standard InChI is InChI=1S/C23H37N3O/c1-2-3-4-5-6-7-8-9-10-11-12-23(19-26-18-17-25-20-26)27-22-15-13-21(24)14-16-22/h13-18,20,23H,2-12,19,24H2,1H3. The molecule has 0 aliphatic rings. The summed E-state index contributed by atoms with van der Waals surface area (Å²) in [6.07, 6.45) is 20.5.